The van der Waals surface area contributed by atoms with Gasteiger partial charge in [0.05, 0.1) is 13.3 Å². The summed E-state index contributed by atoms with van der Waals surface area (Å²) in [5, 5.41) is 3.12. The van der Waals surface area contributed by atoms with E-state index in [4.69, 9.17) is 0 Å². The van der Waals surface area contributed by atoms with Gasteiger partial charge < -0.3 is 4.74 Å². The quantitative estimate of drug-likeness (QED) is 0.657. The summed E-state index contributed by atoms with van der Waals surface area (Å²) in [5.74, 6) is -0.275. The lowest BCUT2D eigenvalue weighted by atomic mass is 10.4. The molecule has 1 aromatic heterocycles. The number of hydrogen-bond donors (Lipinski definition) is 0. The number of rotatable bonds is 1. The highest BCUT2D eigenvalue weighted by Crippen LogP contribution is 2.28. The second-order valence-electron chi connectivity index (χ2n) is 2.22. The number of aromatic nitrogens is 2. The van der Waals surface area contributed by atoms with Crippen LogP contribution in [0.2, 0.25) is 0 Å². The second kappa shape index (κ2) is 2.69. The molecule has 0 aliphatic carbocycles. The molecule has 12 heavy (non-hydrogen) atoms. The van der Waals surface area contributed by atoms with Gasteiger partial charge in [-0.15, -0.1) is 17.9 Å². The van der Waals surface area contributed by atoms with E-state index in [1.807, 2.05) is 0 Å². The third kappa shape index (κ3) is 1.37. The van der Waals surface area contributed by atoms with Gasteiger partial charge in [-0.1, -0.05) is 0 Å². The zero-order valence-corrected chi connectivity index (χ0v) is 6.51. The highest BCUT2D eigenvalue weighted by Gasteiger charge is 2.35. The van der Waals surface area contributed by atoms with E-state index in [-0.39, 0.29) is 10.6 Å². The van der Waals surface area contributed by atoms with Crippen molar-refractivity contribution in [3.8, 4) is 5.88 Å². The van der Waals surface area contributed by atoms with E-state index >= 15 is 0 Å². The molecule has 0 N–H and O–H groups in total. The van der Waals surface area contributed by atoms with Crippen LogP contribution >= 0.6 is 0 Å². The molecule has 6 heteroatoms. The summed E-state index contributed by atoms with van der Waals surface area (Å²) in [6.45, 7) is 1.49. The van der Waals surface area contributed by atoms with Crippen molar-refractivity contribution in [3.05, 3.63) is 11.8 Å². The molecule has 0 saturated carbocycles. The Bertz CT molecular complexity index is 279. The maximum atomic E-state index is 12.1. The molecule has 3 nitrogen and oxygen atoms in total. The molecule has 0 fully saturated rings. The van der Waals surface area contributed by atoms with E-state index in [1.165, 1.54) is 14.0 Å². The fourth-order valence-electron chi connectivity index (χ4n) is 0.847. The van der Waals surface area contributed by atoms with E-state index in [0.717, 1.165) is 6.20 Å². The molecule has 0 aromatic carbocycles. The molecule has 0 bridgehead atoms. The van der Waals surface area contributed by atoms with E-state index in [0.29, 0.717) is 5.56 Å². The summed E-state index contributed by atoms with van der Waals surface area (Å²) in [6.07, 6.45) is -3.41. The summed E-state index contributed by atoms with van der Waals surface area (Å²) >= 11 is 0. The molecule has 0 aliphatic heterocycles. The van der Waals surface area contributed by atoms with E-state index in [9.17, 15) is 13.2 Å². The van der Waals surface area contributed by atoms with Crippen LogP contribution in [0.4, 0.5) is 13.2 Å². The smallest absolute Gasteiger partial charge is 0.481 e. The number of hydrogen-bond acceptors (Lipinski definition) is 2. The molecule has 1 heterocycles. The first-order valence-corrected chi connectivity index (χ1v) is 3.12. The molecule has 0 aliphatic rings. The zero-order chi connectivity index (χ0) is 9.35. The molecule has 0 amide bonds. The minimum atomic E-state index is -4.51. The Labute approximate surface area is 66.7 Å². The van der Waals surface area contributed by atoms with Gasteiger partial charge in [0.25, 0.3) is 0 Å². The maximum Gasteiger partial charge on any atom is 0.507 e. The van der Waals surface area contributed by atoms with Crippen LogP contribution in [-0.2, 0) is 6.30 Å². The van der Waals surface area contributed by atoms with Crippen molar-refractivity contribution in [2.45, 2.75) is 13.2 Å². The average Bonchev–Trinajstić information content (AvgIpc) is 2.29. The first-order valence-electron chi connectivity index (χ1n) is 3.12. The molecule has 0 radical (unpaired) electrons. The third-order valence-corrected chi connectivity index (χ3v) is 1.33. The zero-order valence-electron chi connectivity index (χ0n) is 6.51. The van der Waals surface area contributed by atoms with Crippen LogP contribution < -0.4 is 4.74 Å². The maximum absolute atomic E-state index is 12.1. The lowest BCUT2D eigenvalue weighted by Crippen LogP contribution is -2.19. The van der Waals surface area contributed by atoms with Crippen molar-refractivity contribution in [2.75, 3.05) is 7.11 Å². The highest BCUT2D eigenvalue weighted by molar-refractivity contribution is 5.22. The molecule has 68 valence electrons. The summed E-state index contributed by atoms with van der Waals surface area (Å²) < 4.78 is 40.6. The van der Waals surface area contributed by atoms with Crippen molar-refractivity contribution in [1.82, 2.24) is 9.78 Å². The van der Waals surface area contributed by atoms with Crippen LogP contribution in [0.25, 0.3) is 0 Å². The lowest BCUT2D eigenvalue weighted by Gasteiger charge is -2.09. The number of aryl methyl sites for hydroxylation is 1. The lowest BCUT2D eigenvalue weighted by molar-refractivity contribution is -0.214. The van der Waals surface area contributed by atoms with Crippen LogP contribution in [0.15, 0.2) is 6.20 Å². The summed E-state index contributed by atoms with van der Waals surface area (Å²) in [5.41, 5.74) is 0.356. The molecule has 0 spiro atoms. The van der Waals surface area contributed by atoms with Crippen LogP contribution in [0.1, 0.15) is 5.56 Å². The number of alkyl halides is 3. The standard InChI is InChI=1S/C6H7F3N2O/c1-4-3-10-11(5(4)12-2)6(7,8)9/h3H,1-2H3. The number of halogens is 3. The van der Waals surface area contributed by atoms with Gasteiger partial charge in [-0.3, -0.25) is 0 Å². The number of nitrogens with zero attached hydrogens (tertiary/aromatic N) is 2. The van der Waals surface area contributed by atoms with Gasteiger partial charge in [0.1, 0.15) is 0 Å². The molecule has 1 rings (SSSR count). The summed E-state index contributed by atoms with van der Waals surface area (Å²) in [7, 11) is 1.17. The topological polar surface area (TPSA) is 27.1 Å². The molecule has 0 unspecified atom stereocenters. The predicted molar refractivity (Wildman–Crippen MR) is 34.8 cm³/mol. The van der Waals surface area contributed by atoms with Gasteiger partial charge in [0, 0.05) is 5.56 Å². The molecule has 0 atom stereocenters. The molecular formula is C6H7F3N2O. The van der Waals surface area contributed by atoms with E-state index in [1.54, 1.807) is 0 Å². The highest BCUT2D eigenvalue weighted by atomic mass is 19.4. The van der Waals surface area contributed by atoms with Gasteiger partial charge in [0.2, 0.25) is 5.88 Å². The average molecular weight is 180 g/mol. The van der Waals surface area contributed by atoms with Gasteiger partial charge in [0.15, 0.2) is 0 Å². The Kier molecular flexibility index (Phi) is 1.99. The van der Waals surface area contributed by atoms with Gasteiger partial charge >= 0.3 is 6.30 Å². The Morgan fingerprint density at radius 1 is 1.50 bits per heavy atom. The number of methoxy groups -OCH3 is 1. The molecule has 0 saturated heterocycles. The Morgan fingerprint density at radius 3 is 2.42 bits per heavy atom. The second-order valence-corrected chi connectivity index (χ2v) is 2.22. The minimum Gasteiger partial charge on any atom is -0.481 e. The van der Waals surface area contributed by atoms with Crippen molar-refractivity contribution in [1.29, 1.82) is 0 Å². The van der Waals surface area contributed by atoms with Crippen molar-refractivity contribution in [3.63, 3.8) is 0 Å². The fourth-order valence-corrected chi connectivity index (χ4v) is 0.847. The Morgan fingerprint density at radius 2 is 2.08 bits per heavy atom. The monoisotopic (exact) mass is 180 g/mol. The molecular weight excluding hydrogens is 173 g/mol. The van der Waals surface area contributed by atoms with Crippen molar-refractivity contribution in [2.24, 2.45) is 0 Å². The summed E-state index contributed by atoms with van der Waals surface area (Å²) in [4.78, 5) is 0. The summed E-state index contributed by atoms with van der Waals surface area (Å²) in [6, 6.07) is 0. The predicted octanol–water partition coefficient (Wildman–Crippen LogP) is 1.68. The first kappa shape index (κ1) is 8.89. The Hall–Kier alpha value is -1.20. The normalized spacial score (nSPS) is 11.8. The van der Waals surface area contributed by atoms with Gasteiger partial charge in [-0.2, -0.15) is 5.10 Å². The molecule has 1 aromatic rings. The van der Waals surface area contributed by atoms with Crippen molar-refractivity contribution < 1.29 is 17.9 Å². The van der Waals surface area contributed by atoms with Gasteiger partial charge in [-0.05, 0) is 6.92 Å². The van der Waals surface area contributed by atoms with Gasteiger partial charge in [-0.25, -0.2) is 0 Å². The number of ether oxygens (including phenoxy) is 1. The largest absolute Gasteiger partial charge is 0.507 e. The SMILES string of the molecule is COc1c(C)cnn1C(F)(F)F. The minimum absolute atomic E-state index is 0.109. The van der Waals surface area contributed by atoms with E-state index < -0.39 is 6.30 Å². The fraction of sp³-hybridized carbons (Fsp3) is 0.500. The Balaban J connectivity index is 3.16. The van der Waals surface area contributed by atoms with Crippen LogP contribution in [0, 0.1) is 6.92 Å². The van der Waals surface area contributed by atoms with Crippen LogP contribution in [0.3, 0.4) is 0 Å². The third-order valence-electron chi connectivity index (χ3n) is 1.33. The van der Waals surface area contributed by atoms with Crippen molar-refractivity contribution >= 4 is 0 Å². The van der Waals surface area contributed by atoms with E-state index in [2.05, 4.69) is 9.84 Å². The van der Waals surface area contributed by atoms with Crippen LogP contribution in [0.5, 0.6) is 5.88 Å². The van der Waals surface area contributed by atoms with Crippen LogP contribution in [-0.4, -0.2) is 16.9 Å². The first-order chi connectivity index (χ1) is 5.46.